The zero-order valence-electron chi connectivity index (χ0n) is 14.3. The summed E-state index contributed by atoms with van der Waals surface area (Å²) >= 11 is 0. The average Bonchev–Trinajstić information content (AvgIpc) is 3.05. The molecule has 0 bridgehead atoms. The van der Waals surface area contributed by atoms with E-state index in [-0.39, 0.29) is 0 Å². The predicted molar refractivity (Wildman–Crippen MR) is 104 cm³/mol. The van der Waals surface area contributed by atoms with Crippen LogP contribution in [0.4, 0.5) is 0 Å². The monoisotopic (exact) mass is 336 g/mol. The van der Waals surface area contributed by atoms with Gasteiger partial charge in [0, 0.05) is 11.3 Å². The lowest BCUT2D eigenvalue weighted by Crippen LogP contribution is -1.99. The smallest absolute Gasteiger partial charge is 0.199 e. The molecule has 0 aliphatic rings. The number of nitrogens with zero attached hydrogens (tertiary/aromatic N) is 4. The van der Waals surface area contributed by atoms with Crippen molar-refractivity contribution in [3.05, 3.63) is 84.4 Å². The molecular formula is C22H16N4. The molecular weight excluding hydrogens is 320 g/mol. The number of aryl methyl sites for hydroxylation is 1. The molecule has 2 aromatic heterocycles. The van der Waals surface area contributed by atoms with Gasteiger partial charge in [-0.2, -0.15) is 0 Å². The first-order chi connectivity index (χ1) is 12.8. The van der Waals surface area contributed by atoms with Gasteiger partial charge in [-0.15, -0.1) is 0 Å². The summed E-state index contributed by atoms with van der Waals surface area (Å²) in [6.45, 7) is 2.08. The lowest BCUT2D eigenvalue weighted by Gasteiger charge is -2.09. The molecule has 0 atom stereocenters. The molecule has 4 heteroatoms. The van der Waals surface area contributed by atoms with Crippen molar-refractivity contribution in [3.8, 4) is 17.1 Å². The first kappa shape index (κ1) is 14.8. The molecule has 0 fully saturated rings. The first-order valence-corrected chi connectivity index (χ1v) is 8.57. The van der Waals surface area contributed by atoms with Gasteiger partial charge in [-0.25, -0.2) is 15.0 Å². The highest BCUT2D eigenvalue weighted by molar-refractivity contribution is 5.86. The van der Waals surface area contributed by atoms with Crippen LogP contribution in [0.3, 0.4) is 0 Å². The summed E-state index contributed by atoms with van der Waals surface area (Å²) in [6.07, 6.45) is 0. The van der Waals surface area contributed by atoms with Crippen molar-refractivity contribution in [2.45, 2.75) is 6.92 Å². The topological polar surface area (TPSA) is 43.6 Å². The Morgan fingerprint density at radius 1 is 0.654 bits per heavy atom. The molecule has 0 saturated heterocycles. The van der Waals surface area contributed by atoms with Crippen LogP contribution >= 0.6 is 0 Å². The van der Waals surface area contributed by atoms with Crippen LogP contribution < -0.4 is 0 Å². The summed E-state index contributed by atoms with van der Waals surface area (Å²) in [6, 6.07) is 26.5. The third-order valence-electron chi connectivity index (χ3n) is 4.49. The van der Waals surface area contributed by atoms with E-state index in [2.05, 4.69) is 47.9 Å². The van der Waals surface area contributed by atoms with E-state index in [9.17, 15) is 0 Å². The third kappa shape index (κ3) is 2.35. The highest BCUT2D eigenvalue weighted by atomic mass is 15.2. The fraction of sp³-hybridized carbons (Fsp3) is 0.0455. The number of hydrogen-bond donors (Lipinski definition) is 0. The Morgan fingerprint density at radius 3 is 2.04 bits per heavy atom. The van der Waals surface area contributed by atoms with Gasteiger partial charge >= 0.3 is 0 Å². The summed E-state index contributed by atoms with van der Waals surface area (Å²) in [5.74, 6) is 0.849. The van der Waals surface area contributed by atoms with Gasteiger partial charge in [-0.1, -0.05) is 60.2 Å². The maximum absolute atomic E-state index is 4.86. The van der Waals surface area contributed by atoms with E-state index in [4.69, 9.17) is 15.0 Å². The number of aromatic nitrogens is 4. The van der Waals surface area contributed by atoms with Gasteiger partial charge in [-0.3, -0.25) is 4.57 Å². The molecule has 26 heavy (non-hydrogen) atoms. The minimum atomic E-state index is 0.656. The van der Waals surface area contributed by atoms with E-state index in [1.807, 2.05) is 42.5 Å². The molecule has 4 nitrogen and oxygen atoms in total. The SMILES string of the molecule is Cc1ccc(-c2nc3nc4ccccc4nc3n2-c2ccccc2)cc1. The van der Waals surface area contributed by atoms with Gasteiger partial charge in [0.1, 0.15) is 5.82 Å². The maximum Gasteiger partial charge on any atom is 0.199 e. The van der Waals surface area contributed by atoms with E-state index in [0.29, 0.717) is 5.65 Å². The van der Waals surface area contributed by atoms with Crippen LogP contribution in [0.2, 0.25) is 0 Å². The van der Waals surface area contributed by atoms with Gasteiger partial charge in [0.25, 0.3) is 0 Å². The molecule has 5 aromatic rings. The van der Waals surface area contributed by atoms with Gasteiger partial charge in [-0.05, 0) is 31.2 Å². The van der Waals surface area contributed by atoms with Crippen LogP contribution in [0.1, 0.15) is 5.56 Å². The van der Waals surface area contributed by atoms with Crippen molar-refractivity contribution in [1.29, 1.82) is 0 Å². The number of fused-ring (bicyclic) bond motifs is 2. The fourth-order valence-electron chi connectivity index (χ4n) is 3.17. The molecule has 0 saturated carbocycles. The van der Waals surface area contributed by atoms with Crippen molar-refractivity contribution >= 4 is 22.3 Å². The summed E-state index contributed by atoms with van der Waals surface area (Å²) < 4.78 is 2.08. The Morgan fingerprint density at radius 2 is 1.31 bits per heavy atom. The number of para-hydroxylation sites is 3. The molecule has 0 aliphatic carbocycles. The third-order valence-corrected chi connectivity index (χ3v) is 4.49. The highest BCUT2D eigenvalue weighted by Crippen LogP contribution is 2.28. The largest absolute Gasteiger partial charge is 0.275 e. The zero-order chi connectivity index (χ0) is 17.5. The number of imidazole rings is 1. The van der Waals surface area contributed by atoms with Gasteiger partial charge in [0.15, 0.2) is 11.3 Å². The highest BCUT2D eigenvalue weighted by Gasteiger charge is 2.17. The maximum atomic E-state index is 4.86. The molecule has 5 rings (SSSR count). The second-order valence-corrected chi connectivity index (χ2v) is 6.33. The normalized spacial score (nSPS) is 11.3. The van der Waals surface area contributed by atoms with E-state index in [1.54, 1.807) is 0 Å². The summed E-state index contributed by atoms with van der Waals surface area (Å²) in [5, 5.41) is 0. The summed E-state index contributed by atoms with van der Waals surface area (Å²) in [5.41, 5.74) is 6.44. The zero-order valence-corrected chi connectivity index (χ0v) is 14.3. The van der Waals surface area contributed by atoms with Gasteiger partial charge in [0.05, 0.1) is 11.0 Å². The lowest BCUT2D eigenvalue weighted by atomic mass is 10.1. The Labute approximate surface area is 150 Å². The molecule has 0 spiro atoms. The number of benzene rings is 3. The minimum Gasteiger partial charge on any atom is -0.275 e. The lowest BCUT2D eigenvalue weighted by molar-refractivity contribution is 1.08. The molecule has 0 amide bonds. The van der Waals surface area contributed by atoms with Crippen molar-refractivity contribution in [2.24, 2.45) is 0 Å². The van der Waals surface area contributed by atoms with E-state index < -0.39 is 0 Å². The molecule has 3 aromatic carbocycles. The second-order valence-electron chi connectivity index (χ2n) is 6.33. The molecule has 0 unspecified atom stereocenters. The van der Waals surface area contributed by atoms with Gasteiger partial charge in [0.2, 0.25) is 0 Å². The van der Waals surface area contributed by atoms with Crippen LogP contribution in [-0.2, 0) is 0 Å². The van der Waals surface area contributed by atoms with Crippen LogP contribution in [0, 0.1) is 6.92 Å². The standard InChI is InChI=1S/C22H16N4/c1-15-11-13-16(14-12-15)21-25-20-22(26(21)17-7-3-2-4-8-17)24-19-10-6-5-9-18(19)23-20/h2-14H,1H3. The van der Waals surface area contributed by atoms with Crippen molar-refractivity contribution in [1.82, 2.24) is 19.5 Å². The fourth-order valence-corrected chi connectivity index (χ4v) is 3.17. The van der Waals surface area contributed by atoms with Crippen molar-refractivity contribution in [2.75, 3.05) is 0 Å². The van der Waals surface area contributed by atoms with Crippen LogP contribution in [0.5, 0.6) is 0 Å². The molecule has 0 radical (unpaired) electrons. The summed E-state index contributed by atoms with van der Waals surface area (Å²) in [4.78, 5) is 14.4. The van der Waals surface area contributed by atoms with Crippen molar-refractivity contribution < 1.29 is 0 Å². The molecule has 2 heterocycles. The second kappa shape index (κ2) is 5.77. The van der Waals surface area contributed by atoms with Crippen molar-refractivity contribution in [3.63, 3.8) is 0 Å². The van der Waals surface area contributed by atoms with E-state index in [0.717, 1.165) is 33.8 Å². The van der Waals surface area contributed by atoms with Crippen LogP contribution in [-0.4, -0.2) is 19.5 Å². The Kier molecular flexibility index (Phi) is 3.28. The molecule has 0 aliphatic heterocycles. The average molecular weight is 336 g/mol. The van der Waals surface area contributed by atoms with Gasteiger partial charge < -0.3 is 0 Å². The molecule has 0 N–H and O–H groups in total. The summed E-state index contributed by atoms with van der Waals surface area (Å²) in [7, 11) is 0. The Bertz CT molecular complexity index is 1220. The van der Waals surface area contributed by atoms with Crippen LogP contribution in [0.15, 0.2) is 78.9 Å². The minimum absolute atomic E-state index is 0.656. The first-order valence-electron chi connectivity index (χ1n) is 8.57. The molecule has 124 valence electrons. The Hall–Kier alpha value is -3.53. The Balaban J connectivity index is 1.88. The number of hydrogen-bond acceptors (Lipinski definition) is 3. The van der Waals surface area contributed by atoms with E-state index >= 15 is 0 Å². The number of rotatable bonds is 2. The quantitative estimate of drug-likeness (QED) is 0.458. The van der Waals surface area contributed by atoms with Crippen LogP contribution in [0.25, 0.3) is 39.4 Å². The predicted octanol–water partition coefficient (Wildman–Crippen LogP) is 4.94. The van der Waals surface area contributed by atoms with E-state index in [1.165, 1.54) is 5.56 Å².